The Morgan fingerprint density at radius 1 is 0.410 bits per heavy atom. The van der Waals surface area contributed by atoms with Crippen LogP contribution in [0.4, 0.5) is 0 Å². The fourth-order valence-electron chi connectivity index (χ4n) is 9.43. The van der Waals surface area contributed by atoms with E-state index in [0.717, 1.165) is 55.4 Å². The van der Waals surface area contributed by atoms with Gasteiger partial charge in [0.1, 0.15) is 11.2 Å². The summed E-state index contributed by atoms with van der Waals surface area (Å²) in [6.07, 6.45) is 0. The van der Waals surface area contributed by atoms with Crippen molar-refractivity contribution in [1.82, 2.24) is 4.57 Å². The highest BCUT2D eigenvalue weighted by Crippen LogP contribution is 2.39. The minimum absolute atomic E-state index is 0.466. The van der Waals surface area contributed by atoms with Crippen LogP contribution in [0.2, 0.25) is 0 Å². The van der Waals surface area contributed by atoms with E-state index in [1.807, 2.05) is 6.07 Å². The van der Waals surface area contributed by atoms with E-state index in [2.05, 4.69) is 210 Å². The molecule has 0 amide bonds. The summed E-state index contributed by atoms with van der Waals surface area (Å²) in [4.78, 5) is 9.36. The molecule has 0 radical (unpaired) electrons. The minimum Gasteiger partial charge on any atom is -0.456 e. The summed E-state index contributed by atoms with van der Waals surface area (Å²) in [6.45, 7) is 4.37. The second kappa shape index (κ2) is 14.0. The number of rotatable bonds is 6. The Hall–Kier alpha value is -8.08. The van der Waals surface area contributed by atoms with Crippen LogP contribution in [0.15, 0.2) is 215 Å². The SMILES string of the molecule is C=NC(=NCc1ccc2c3ccccc3n(-c3ccccc3)c2c1)c1ccc2c(c1)oc1ccc(-c3cccc(-c4ccc5c6ccccc6c6ccccc6c5c4)c3)cc12. The van der Waals surface area contributed by atoms with E-state index in [9.17, 15) is 0 Å². The standard InChI is InChI=1S/C57H37N3O/c1-58-57(59-35-36-22-26-49-48-20-9-10-21-53(48)60(54(49)30-36)42-14-3-2-4-15-42)41-24-28-50-52-33-40(25-29-55(52)61-56(50)34-41)38-13-11-12-37(31-38)39-23-27-47-45-18-6-5-16-43(45)44-17-7-8-19-46(44)51(47)32-39/h2-34H,1,35H2. The van der Waals surface area contributed by atoms with Crippen molar-refractivity contribution < 1.29 is 4.42 Å². The molecular weight excluding hydrogens is 743 g/mol. The van der Waals surface area contributed by atoms with E-state index in [-0.39, 0.29) is 0 Å². The second-order valence-corrected chi connectivity index (χ2v) is 15.8. The lowest BCUT2D eigenvalue weighted by atomic mass is 9.91. The molecule has 286 valence electrons. The summed E-state index contributed by atoms with van der Waals surface area (Å²) in [5.41, 5.74) is 11.7. The molecular formula is C57H37N3O. The predicted octanol–water partition coefficient (Wildman–Crippen LogP) is 15.1. The number of benzene rings is 10. The average Bonchev–Trinajstić information content (AvgIpc) is 3.86. The number of aliphatic imine (C=N–C) groups is 2. The van der Waals surface area contributed by atoms with Crippen molar-refractivity contribution in [1.29, 1.82) is 0 Å². The van der Waals surface area contributed by atoms with E-state index in [1.54, 1.807) is 0 Å². The number of furan rings is 1. The van der Waals surface area contributed by atoms with Crippen LogP contribution in [0.1, 0.15) is 11.1 Å². The second-order valence-electron chi connectivity index (χ2n) is 15.8. The van der Waals surface area contributed by atoms with Crippen LogP contribution < -0.4 is 0 Å². The van der Waals surface area contributed by atoms with Gasteiger partial charge in [0, 0.05) is 32.8 Å². The highest BCUT2D eigenvalue weighted by molar-refractivity contribution is 6.25. The summed E-state index contributed by atoms with van der Waals surface area (Å²) >= 11 is 0. The quantitative estimate of drug-likeness (QED) is 0.0941. The van der Waals surface area contributed by atoms with Gasteiger partial charge in [-0.3, -0.25) is 4.99 Å². The van der Waals surface area contributed by atoms with Crippen molar-refractivity contribution in [2.45, 2.75) is 6.54 Å². The first-order valence-corrected chi connectivity index (χ1v) is 20.7. The maximum absolute atomic E-state index is 6.45. The normalized spacial score (nSPS) is 12.2. The fourth-order valence-corrected chi connectivity index (χ4v) is 9.43. The highest BCUT2D eigenvalue weighted by atomic mass is 16.3. The van der Waals surface area contributed by atoms with Crippen LogP contribution in [0.25, 0.3) is 104 Å². The van der Waals surface area contributed by atoms with Crippen LogP contribution in [-0.4, -0.2) is 17.1 Å². The average molecular weight is 780 g/mol. The zero-order valence-corrected chi connectivity index (χ0v) is 33.2. The first-order valence-electron chi connectivity index (χ1n) is 20.7. The Labute approximate surface area is 352 Å². The first-order chi connectivity index (χ1) is 30.2. The summed E-state index contributed by atoms with van der Waals surface area (Å²) < 4.78 is 8.78. The van der Waals surface area contributed by atoms with E-state index < -0.39 is 0 Å². The Bertz CT molecular complexity index is 3720. The van der Waals surface area contributed by atoms with Gasteiger partial charge in [-0.25, -0.2) is 4.99 Å². The molecule has 0 aliphatic rings. The zero-order valence-electron chi connectivity index (χ0n) is 33.2. The number of amidine groups is 1. The highest BCUT2D eigenvalue weighted by Gasteiger charge is 2.15. The molecule has 12 rings (SSSR count). The van der Waals surface area contributed by atoms with Gasteiger partial charge in [-0.2, -0.15) is 0 Å². The predicted molar refractivity (Wildman–Crippen MR) is 258 cm³/mol. The van der Waals surface area contributed by atoms with Gasteiger partial charge in [0.15, 0.2) is 5.84 Å². The van der Waals surface area contributed by atoms with Gasteiger partial charge in [-0.1, -0.05) is 140 Å². The molecule has 10 aromatic carbocycles. The summed E-state index contributed by atoms with van der Waals surface area (Å²) in [5, 5.41) is 12.2. The number of hydrogen-bond donors (Lipinski definition) is 0. The van der Waals surface area contributed by atoms with Crippen LogP contribution in [0.5, 0.6) is 0 Å². The Balaban J connectivity index is 0.864. The maximum atomic E-state index is 6.45. The molecule has 0 saturated carbocycles. The molecule has 12 aromatic rings. The van der Waals surface area contributed by atoms with Crippen LogP contribution in [0.3, 0.4) is 0 Å². The van der Waals surface area contributed by atoms with Gasteiger partial charge >= 0.3 is 0 Å². The molecule has 4 nitrogen and oxygen atoms in total. The lowest BCUT2D eigenvalue weighted by Gasteiger charge is -2.12. The van der Waals surface area contributed by atoms with E-state index in [4.69, 9.17) is 9.41 Å². The third-order valence-electron chi connectivity index (χ3n) is 12.3. The van der Waals surface area contributed by atoms with Crippen molar-refractivity contribution in [2.75, 3.05) is 0 Å². The van der Waals surface area contributed by atoms with Gasteiger partial charge in [-0.15, -0.1) is 0 Å². The van der Waals surface area contributed by atoms with Crippen molar-refractivity contribution in [2.24, 2.45) is 9.98 Å². The zero-order chi connectivity index (χ0) is 40.4. The van der Waals surface area contributed by atoms with Crippen LogP contribution in [0, 0.1) is 0 Å². The molecule has 4 heteroatoms. The van der Waals surface area contributed by atoms with E-state index >= 15 is 0 Å². The lowest BCUT2D eigenvalue weighted by molar-refractivity contribution is 0.669. The molecule has 61 heavy (non-hydrogen) atoms. The monoisotopic (exact) mass is 779 g/mol. The Morgan fingerprint density at radius 2 is 0.984 bits per heavy atom. The molecule has 0 aliphatic carbocycles. The Kier molecular flexibility index (Phi) is 8.04. The largest absolute Gasteiger partial charge is 0.456 e. The fraction of sp³-hybridized carbons (Fsp3) is 0.0175. The molecule has 2 heterocycles. The van der Waals surface area contributed by atoms with Gasteiger partial charge in [-0.05, 0) is 128 Å². The summed E-state index contributed by atoms with van der Waals surface area (Å²) in [6, 6.07) is 71.6. The van der Waals surface area contributed by atoms with Crippen LogP contribution >= 0.6 is 0 Å². The molecule has 0 unspecified atom stereocenters. The third-order valence-corrected chi connectivity index (χ3v) is 12.3. The minimum atomic E-state index is 0.466. The van der Waals surface area contributed by atoms with Crippen molar-refractivity contribution >= 4 is 88.6 Å². The lowest BCUT2D eigenvalue weighted by Crippen LogP contribution is -1.98. The molecule has 0 N–H and O–H groups in total. The molecule has 0 fully saturated rings. The maximum Gasteiger partial charge on any atom is 0.154 e. The van der Waals surface area contributed by atoms with Gasteiger partial charge in [0.2, 0.25) is 0 Å². The first kappa shape index (κ1) is 34.9. The number of aromatic nitrogens is 1. The van der Waals surface area contributed by atoms with Gasteiger partial charge < -0.3 is 8.98 Å². The smallest absolute Gasteiger partial charge is 0.154 e. The molecule has 0 bridgehead atoms. The number of fused-ring (bicyclic) bond motifs is 12. The van der Waals surface area contributed by atoms with E-state index in [1.165, 1.54) is 59.7 Å². The van der Waals surface area contributed by atoms with Gasteiger partial charge in [0.25, 0.3) is 0 Å². The number of hydrogen-bond acceptors (Lipinski definition) is 2. The summed E-state index contributed by atoms with van der Waals surface area (Å²) in [7, 11) is 0. The molecule has 0 spiro atoms. The van der Waals surface area contributed by atoms with Crippen LogP contribution in [-0.2, 0) is 6.54 Å². The molecule has 0 saturated heterocycles. The third kappa shape index (κ3) is 5.76. The molecule has 0 atom stereocenters. The van der Waals surface area contributed by atoms with Crippen molar-refractivity contribution in [3.05, 3.63) is 211 Å². The summed E-state index contributed by atoms with van der Waals surface area (Å²) in [5.74, 6) is 0.582. The molecule has 0 aliphatic heterocycles. The van der Waals surface area contributed by atoms with Crippen molar-refractivity contribution in [3.8, 4) is 27.9 Å². The molecule has 2 aromatic heterocycles. The number of para-hydroxylation sites is 2. The van der Waals surface area contributed by atoms with Gasteiger partial charge in [0.05, 0.1) is 17.6 Å². The topological polar surface area (TPSA) is 42.8 Å². The van der Waals surface area contributed by atoms with Crippen molar-refractivity contribution in [3.63, 3.8) is 0 Å². The number of nitrogens with zero attached hydrogens (tertiary/aromatic N) is 3. The Morgan fingerprint density at radius 3 is 1.72 bits per heavy atom. The van der Waals surface area contributed by atoms with E-state index in [0.29, 0.717) is 12.4 Å².